The Balaban J connectivity index is 1.59. The van der Waals surface area contributed by atoms with E-state index < -0.39 is 5.91 Å². The normalized spacial score (nSPS) is 10.5. The SMILES string of the molecule is Cc1ccc(-c2nnc(NC(=O)COc3ccc(Cl)cc3Cl)o2)cc1. The summed E-state index contributed by atoms with van der Waals surface area (Å²) < 4.78 is 10.8. The van der Waals surface area contributed by atoms with Gasteiger partial charge >= 0.3 is 6.01 Å². The Morgan fingerprint density at radius 2 is 1.92 bits per heavy atom. The summed E-state index contributed by atoms with van der Waals surface area (Å²) in [5.74, 6) is 0.217. The third-order valence-electron chi connectivity index (χ3n) is 3.22. The molecule has 0 aliphatic rings. The second-order valence-electron chi connectivity index (χ2n) is 5.19. The largest absolute Gasteiger partial charge is 0.482 e. The third-order valence-corrected chi connectivity index (χ3v) is 3.75. The molecule has 0 fully saturated rings. The van der Waals surface area contributed by atoms with E-state index in [2.05, 4.69) is 15.5 Å². The predicted molar refractivity (Wildman–Crippen MR) is 95.1 cm³/mol. The quantitative estimate of drug-likeness (QED) is 0.714. The highest BCUT2D eigenvalue weighted by molar-refractivity contribution is 6.35. The smallest absolute Gasteiger partial charge is 0.322 e. The summed E-state index contributed by atoms with van der Waals surface area (Å²) >= 11 is 11.8. The molecule has 1 N–H and O–H groups in total. The zero-order valence-corrected chi connectivity index (χ0v) is 14.6. The molecule has 0 atom stereocenters. The maximum Gasteiger partial charge on any atom is 0.322 e. The molecule has 0 aliphatic carbocycles. The first-order valence-corrected chi connectivity index (χ1v) is 8.05. The van der Waals surface area contributed by atoms with Gasteiger partial charge in [-0.3, -0.25) is 10.1 Å². The van der Waals surface area contributed by atoms with Crippen molar-refractivity contribution in [3.63, 3.8) is 0 Å². The first-order valence-electron chi connectivity index (χ1n) is 7.29. The maximum absolute atomic E-state index is 11.9. The molecule has 0 aliphatic heterocycles. The lowest BCUT2D eigenvalue weighted by molar-refractivity contribution is -0.118. The molecule has 25 heavy (non-hydrogen) atoms. The number of carbonyl (C=O) groups is 1. The highest BCUT2D eigenvalue weighted by atomic mass is 35.5. The van der Waals surface area contributed by atoms with Crippen LogP contribution in [-0.4, -0.2) is 22.7 Å². The third kappa shape index (κ3) is 4.49. The number of nitrogens with zero attached hydrogens (tertiary/aromatic N) is 2. The van der Waals surface area contributed by atoms with Crippen molar-refractivity contribution < 1.29 is 13.9 Å². The van der Waals surface area contributed by atoms with Gasteiger partial charge in [0.15, 0.2) is 6.61 Å². The lowest BCUT2D eigenvalue weighted by Gasteiger charge is -2.07. The number of nitrogens with one attached hydrogen (secondary N) is 1. The van der Waals surface area contributed by atoms with Crippen molar-refractivity contribution in [2.75, 3.05) is 11.9 Å². The van der Waals surface area contributed by atoms with Crippen LogP contribution in [0.2, 0.25) is 10.0 Å². The minimum Gasteiger partial charge on any atom is -0.482 e. The Bertz CT molecular complexity index is 894. The molecular formula is C17H13Cl2N3O3. The molecule has 0 bridgehead atoms. The van der Waals surface area contributed by atoms with Crippen LogP contribution >= 0.6 is 23.2 Å². The first kappa shape index (κ1) is 17.3. The van der Waals surface area contributed by atoms with Crippen molar-refractivity contribution in [3.05, 3.63) is 58.1 Å². The van der Waals surface area contributed by atoms with Crippen LogP contribution in [0.5, 0.6) is 5.75 Å². The lowest BCUT2D eigenvalue weighted by atomic mass is 10.1. The molecule has 0 unspecified atom stereocenters. The molecule has 8 heteroatoms. The van der Waals surface area contributed by atoms with Gasteiger partial charge in [0.25, 0.3) is 5.91 Å². The van der Waals surface area contributed by atoms with Crippen molar-refractivity contribution >= 4 is 35.1 Å². The van der Waals surface area contributed by atoms with E-state index in [1.54, 1.807) is 12.1 Å². The average Bonchev–Trinajstić information content (AvgIpc) is 3.03. The van der Waals surface area contributed by atoms with E-state index in [0.29, 0.717) is 21.7 Å². The molecular weight excluding hydrogens is 365 g/mol. The van der Waals surface area contributed by atoms with Crippen molar-refractivity contribution in [1.29, 1.82) is 0 Å². The summed E-state index contributed by atoms with van der Waals surface area (Å²) in [7, 11) is 0. The van der Waals surface area contributed by atoms with Crippen LogP contribution in [0.25, 0.3) is 11.5 Å². The maximum atomic E-state index is 11.9. The van der Waals surface area contributed by atoms with Gasteiger partial charge in [0.05, 0.1) is 5.02 Å². The molecule has 3 aromatic rings. The number of carbonyl (C=O) groups excluding carboxylic acids is 1. The van der Waals surface area contributed by atoms with Gasteiger partial charge in [-0.25, -0.2) is 0 Å². The van der Waals surface area contributed by atoms with Crippen molar-refractivity contribution in [2.24, 2.45) is 0 Å². The van der Waals surface area contributed by atoms with E-state index in [-0.39, 0.29) is 12.6 Å². The second-order valence-corrected chi connectivity index (χ2v) is 6.03. The summed E-state index contributed by atoms with van der Waals surface area (Å²) in [6.07, 6.45) is 0. The van der Waals surface area contributed by atoms with E-state index in [1.807, 2.05) is 31.2 Å². The number of hydrogen-bond acceptors (Lipinski definition) is 5. The standard InChI is InChI=1S/C17H13Cl2N3O3/c1-10-2-4-11(5-3-10)16-21-22-17(25-16)20-15(23)9-24-14-7-6-12(18)8-13(14)19/h2-8H,9H2,1H3,(H,20,22,23). The molecule has 1 aromatic heterocycles. The van der Waals surface area contributed by atoms with Gasteiger partial charge in [0.1, 0.15) is 5.75 Å². The number of hydrogen-bond donors (Lipinski definition) is 1. The number of aromatic nitrogens is 2. The Hall–Kier alpha value is -2.57. The molecule has 0 spiro atoms. The highest BCUT2D eigenvalue weighted by Crippen LogP contribution is 2.27. The molecule has 0 saturated heterocycles. The predicted octanol–water partition coefficient (Wildman–Crippen LogP) is 4.37. The topological polar surface area (TPSA) is 77.2 Å². The Kier molecular flexibility index (Phi) is 5.21. The zero-order valence-electron chi connectivity index (χ0n) is 13.1. The number of amides is 1. The summed E-state index contributed by atoms with van der Waals surface area (Å²) in [5, 5.41) is 11.0. The van der Waals surface area contributed by atoms with E-state index in [0.717, 1.165) is 11.1 Å². The number of halogens is 2. The summed E-state index contributed by atoms with van der Waals surface area (Å²) in [5.41, 5.74) is 1.89. The molecule has 3 rings (SSSR count). The molecule has 1 heterocycles. The fourth-order valence-electron chi connectivity index (χ4n) is 1.98. The van der Waals surface area contributed by atoms with Crippen molar-refractivity contribution in [1.82, 2.24) is 10.2 Å². The van der Waals surface area contributed by atoms with Gasteiger partial charge in [0.2, 0.25) is 5.89 Å². The molecule has 128 valence electrons. The number of anilines is 1. The number of rotatable bonds is 5. The Labute approximate surface area is 153 Å². The minimum absolute atomic E-state index is 0.00798. The number of ether oxygens (including phenoxy) is 1. The molecule has 0 saturated carbocycles. The molecule has 6 nitrogen and oxygen atoms in total. The van der Waals surface area contributed by atoms with Crippen LogP contribution in [0.1, 0.15) is 5.56 Å². The van der Waals surface area contributed by atoms with Gasteiger partial charge in [-0.05, 0) is 37.3 Å². The van der Waals surface area contributed by atoms with Crippen LogP contribution in [0.3, 0.4) is 0 Å². The second kappa shape index (κ2) is 7.55. The monoisotopic (exact) mass is 377 g/mol. The van der Waals surface area contributed by atoms with E-state index in [1.165, 1.54) is 6.07 Å². The average molecular weight is 378 g/mol. The summed E-state index contributed by atoms with van der Waals surface area (Å²) in [4.78, 5) is 11.9. The summed E-state index contributed by atoms with van der Waals surface area (Å²) in [6, 6.07) is 12.3. The highest BCUT2D eigenvalue weighted by Gasteiger charge is 2.12. The van der Waals surface area contributed by atoms with Crippen molar-refractivity contribution in [3.8, 4) is 17.2 Å². The van der Waals surface area contributed by atoms with E-state index in [4.69, 9.17) is 32.4 Å². The number of aryl methyl sites for hydroxylation is 1. The minimum atomic E-state index is -0.454. The number of benzene rings is 2. The lowest BCUT2D eigenvalue weighted by Crippen LogP contribution is -2.20. The summed E-state index contributed by atoms with van der Waals surface area (Å²) in [6.45, 7) is 1.72. The molecule has 1 amide bonds. The van der Waals surface area contributed by atoms with Crippen molar-refractivity contribution in [2.45, 2.75) is 6.92 Å². The van der Waals surface area contributed by atoms with Crippen LogP contribution in [-0.2, 0) is 4.79 Å². The van der Waals surface area contributed by atoms with Gasteiger partial charge < -0.3 is 9.15 Å². The Morgan fingerprint density at radius 1 is 1.16 bits per heavy atom. The van der Waals surface area contributed by atoms with Gasteiger partial charge in [-0.2, -0.15) is 0 Å². The van der Waals surface area contributed by atoms with Crippen LogP contribution in [0.4, 0.5) is 6.01 Å². The van der Waals surface area contributed by atoms with E-state index in [9.17, 15) is 4.79 Å². The van der Waals surface area contributed by atoms with Crippen LogP contribution < -0.4 is 10.1 Å². The van der Waals surface area contributed by atoms with Gasteiger partial charge in [-0.1, -0.05) is 46.0 Å². The van der Waals surface area contributed by atoms with Crippen LogP contribution in [0, 0.1) is 6.92 Å². The van der Waals surface area contributed by atoms with Gasteiger partial charge in [-0.15, -0.1) is 5.10 Å². The zero-order chi connectivity index (χ0) is 17.8. The Morgan fingerprint density at radius 3 is 2.64 bits per heavy atom. The molecule has 2 aromatic carbocycles. The fraction of sp³-hybridized carbons (Fsp3) is 0.118. The van der Waals surface area contributed by atoms with Gasteiger partial charge in [0, 0.05) is 10.6 Å². The van der Waals surface area contributed by atoms with Crippen LogP contribution in [0.15, 0.2) is 46.9 Å². The van der Waals surface area contributed by atoms with E-state index >= 15 is 0 Å². The fourth-order valence-corrected chi connectivity index (χ4v) is 2.44. The molecule has 0 radical (unpaired) electrons. The first-order chi connectivity index (χ1) is 12.0.